The van der Waals surface area contributed by atoms with E-state index in [0.29, 0.717) is 17.4 Å². The van der Waals surface area contributed by atoms with Gasteiger partial charge in [0.25, 0.3) is 5.91 Å². The highest BCUT2D eigenvalue weighted by atomic mass is 32.1. The minimum absolute atomic E-state index is 0.300. The van der Waals surface area contributed by atoms with Gasteiger partial charge in [0, 0.05) is 0 Å². The van der Waals surface area contributed by atoms with Crippen LogP contribution in [0.4, 0.5) is 0 Å². The lowest BCUT2D eigenvalue weighted by atomic mass is 10.1. The number of amides is 1. The summed E-state index contributed by atoms with van der Waals surface area (Å²) in [6, 6.07) is 9.65. The molecule has 1 aliphatic carbocycles. The summed E-state index contributed by atoms with van der Waals surface area (Å²) in [5.74, 6) is 1.16. The van der Waals surface area contributed by atoms with Gasteiger partial charge in [-0.2, -0.15) is 0 Å². The molecular weight excluding hydrogens is 338 g/mol. The quantitative estimate of drug-likeness (QED) is 0.561. The fraction of sp³-hybridized carbons (Fsp3) is 0.333. The number of rotatable bonds is 5. The number of hydrazine groups is 1. The number of aryl methyl sites for hydroxylation is 2. The van der Waals surface area contributed by atoms with E-state index in [4.69, 9.17) is 21.4 Å². The zero-order chi connectivity index (χ0) is 17.6. The highest BCUT2D eigenvalue weighted by Gasteiger charge is 2.17. The Bertz CT molecular complexity index is 746. The predicted molar refractivity (Wildman–Crippen MR) is 98.0 cm³/mol. The van der Waals surface area contributed by atoms with Crippen LogP contribution in [-0.4, -0.2) is 17.1 Å². The highest BCUT2D eigenvalue weighted by Crippen LogP contribution is 2.26. The summed E-state index contributed by atoms with van der Waals surface area (Å²) in [7, 11) is 0. The van der Waals surface area contributed by atoms with E-state index < -0.39 is 6.10 Å². The zero-order valence-electron chi connectivity index (χ0n) is 14.0. The lowest BCUT2D eigenvalue weighted by Crippen LogP contribution is -2.50. The maximum Gasteiger partial charge on any atom is 0.279 e. The van der Waals surface area contributed by atoms with Crippen LogP contribution in [0.15, 0.2) is 41.0 Å². The first kappa shape index (κ1) is 17.3. The van der Waals surface area contributed by atoms with Gasteiger partial charge in [-0.1, -0.05) is 6.07 Å². The maximum atomic E-state index is 12.1. The molecular formula is C18H21N3O3S. The number of ether oxygens (including phenoxy) is 1. The van der Waals surface area contributed by atoms with Crippen molar-refractivity contribution in [2.24, 2.45) is 0 Å². The Morgan fingerprint density at radius 3 is 2.92 bits per heavy atom. The van der Waals surface area contributed by atoms with Gasteiger partial charge in [-0.3, -0.25) is 15.6 Å². The van der Waals surface area contributed by atoms with Gasteiger partial charge in [0.2, 0.25) is 0 Å². The molecule has 3 N–H and O–H groups in total. The Morgan fingerprint density at radius 2 is 2.12 bits per heavy atom. The first-order valence-corrected chi connectivity index (χ1v) is 8.67. The Balaban J connectivity index is 1.42. The first-order chi connectivity index (χ1) is 12.1. The Hall–Kier alpha value is -2.54. The van der Waals surface area contributed by atoms with Crippen LogP contribution in [0, 0.1) is 0 Å². The summed E-state index contributed by atoms with van der Waals surface area (Å²) >= 11 is 5.10. The van der Waals surface area contributed by atoms with Crippen LogP contribution in [0.25, 0.3) is 0 Å². The third-order valence-corrected chi connectivity index (χ3v) is 4.30. The number of nitrogens with one attached hydrogen (secondary N) is 3. The van der Waals surface area contributed by atoms with Crippen LogP contribution in [0.2, 0.25) is 0 Å². The molecule has 0 saturated carbocycles. The fourth-order valence-corrected chi connectivity index (χ4v) is 2.85. The van der Waals surface area contributed by atoms with E-state index >= 15 is 0 Å². The molecule has 2 aromatic rings. The van der Waals surface area contributed by atoms with Gasteiger partial charge in [-0.15, -0.1) is 0 Å². The lowest BCUT2D eigenvalue weighted by molar-refractivity contribution is -0.127. The summed E-state index contributed by atoms with van der Waals surface area (Å²) in [5, 5.41) is 3.23. The summed E-state index contributed by atoms with van der Waals surface area (Å²) in [4.78, 5) is 12.1. The van der Waals surface area contributed by atoms with Crippen LogP contribution in [0.1, 0.15) is 30.2 Å². The van der Waals surface area contributed by atoms with Crippen LogP contribution in [-0.2, 0) is 24.2 Å². The van der Waals surface area contributed by atoms with Crippen LogP contribution in [0.3, 0.4) is 0 Å². The topological polar surface area (TPSA) is 75.5 Å². The van der Waals surface area contributed by atoms with Gasteiger partial charge in [0.1, 0.15) is 11.5 Å². The molecule has 6 nitrogen and oxygen atoms in total. The van der Waals surface area contributed by atoms with Gasteiger partial charge >= 0.3 is 0 Å². The van der Waals surface area contributed by atoms with Gasteiger partial charge in [0.05, 0.1) is 12.8 Å². The van der Waals surface area contributed by atoms with Crippen molar-refractivity contribution in [1.29, 1.82) is 0 Å². The largest absolute Gasteiger partial charge is 0.481 e. The minimum atomic E-state index is -0.639. The standard InChI is InChI=1S/C18H21N3O3S/c1-12(24-15-8-7-13-4-2-5-14(13)10-15)17(22)20-21-18(25)19-11-16-6-3-9-23-16/h3,6-10,12H,2,4-5,11H2,1H3,(H,20,22)(H2,19,21,25)/t12-/m0/s1. The number of thiocarbonyl (C=S) groups is 1. The molecule has 1 atom stereocenters. The average Bonchev–Trinajstić information content (AvgIpc) is 3.28. The SMILES string of the molecule is C[C@H](Oc1ccc2c(c1)CCC2)C(=O)NNC(=S)NCc1ccco1. The monoisotopic (exact) mass is 359 g/mol. The van der Waals surface area contributed by atoms with Crippen molar-refractivity contribution in [3.8, 4) is 5.75 Å². The smallest absolute Gasteiger partial charge is 0.279 e. The second kappa shape index (κ2) is 8.02. The van der Waals surface area contributed by atoms with Crippen molar-refractivity contribution in [3.63, 3.8) is 0 Å². The van der Waals surface area contributed by atoms with Gasteiger partial charge in [-0.05, 0) is 73.8 Å². The number of carbonyl (C=O) groups is 1. The molecule has 0 saturated heterocycles. The number of hydrogen-bond acceptors (Lipinski definition) is 4. The predicted octanol–water partition coefficient (Wildman–Crippen LogP) is 2.23. The van der Waals surface area contributed by atoms with Crippen molar-refractivity contribution in [2.75, 3.05) is 0 Å². The second-order valence-electron chi connectivity index (χ2n) is 5.92. The molecule has 7 heteroatoms. The molecule has 1 aromatic heterocycles. The molecule has 0 unspecified atom stereocenters. The van der Waals surface area contributed by atoms with E-state index in [2.05, 4.69) is 22.2 Å². The van der Waals surface area contributed by atoms with E-state index in [1.54, 1.807) is 19.3 Å². The average molecular weight is 359 g/mol. The summed E-state index contributed by atoms with van der Waals surface area (Å²) < 4.78 is 10.9. The number of carbonyl (C=O) groups excluding carboxylic acids is 1. The molecule has 25 heavy (non-hydrogen) atoms. The fourth-order valence-electron chi connectivity index (χ4n) is 2.72. The Labute approximate surface area is 151 Å². The van der Waals surface area contributed by atoms with E-state index in [9.17, 15) is 4.79 Å². The van der Waals surface area contributed by atoms with E-state index in [-0.39, 0.29) is 5.91 Å². The first-order valence-electron chi connectivity index (χ1n) is 8.26. The lowest BCUT2D eigenvalue weighted by Gasteiger charge is -2.17. The van der Waals surface area contributed by atoms with Crippen LogP contribution < -0.4 is 20.9 Å². The third-order valence-electron chi connectivity index (χ3n) is 4.05. The molecule has 0 spiro atoms. The Morgan fingerprint density at radius 1 is 1.28 bits per heavy atom. The maximum absolute atomic E-state index is 12.1. The third kappa shape index (κ3) is 4.73. The molecule has 0 aliphatic heterocycles. The van der Waals surface area contributed by atoms with Crippen molar-refractivity contribution in [1.82, 2.24) is 16.2 Å². The molecule has 3 rings (SSSR count). The summed E-state index contributed by atoms with van der Waals surface area (Å²) in [6.45, 7) is 2.14. The van der Waals surface area contributed by atoms with Crippen molar-refractivity contribution in [2.45, 2.75) is 38.8 Å². The van der Waals surface area contributed by atoms with E-state index in [0.717, 1.165) is 18.6 Å². The normalized spacial score (nSPS) is 13.6. The number of benzene rings is 1. The van der Waals surface area contributed by atoms with Crippen molar-refractivity contribution in [3.05, 3.63) is 53.5 Å². The Kier molecular flexibility index (Phi) is 5.55. The van der Waals surface area contributed by atoms with E-state index in [1.807, 2.05) is 18.2 Å². The summed E-state index contributed by atoms with van der Waals surface area (Å²) in [5.41, 5.74) is 7.87. The molecule has 132 valence electrons. The molecule has 1 aliphatic rings. The molecule has 1 heterocycles. The van der Waals surface area contributed by atoms with Gasteiger partial charge in [-0.25, -0.2) is 0 Å². The summed E-state index contributed by atoms with van der Waals surface area (Å²) in [6.07, 6.45) is 4.33. The van der Waals surface area contributed by atoms with Gasteiger partial charge in [0.15, 0.2) is 11.2 Å². The minimum Gasteiger partial charge on any atom is -0.481 e. The molecule has 1 aromatic carbocycles. The van der Waals surface area contributed by atoms with Gasteiger partial charge < -0.3 is 14.5 Å². The molecule has 1 amide bonds. The number of furan rings is 1. The second-order valence-corrected chi connectivity index (χ2v) is 6.33. The van der Waals surface area contributed by atoms with E-state index in [1.165, 1.54) is 17.5 Å². The number of fused-ring (bicyclic) bond motifs is 1. The van der Waals surface area contributed by atoms with Crippen LogP contribution in [0.5, 0.6) is 5.75 Å². The van der Waals surface area contributed by atoms with Crippen LogP contribution >= 0.6 is 12.2 Å². The van der Waals surface area contributed by atoms with Crippen molar-refractivity contribution < 1.29 is 13.9 Å². The zero-order valence-corrected chi connectivity index (χ0v) is 14.8. The highest BCUT2D eigenvalue weighted by molar-refractivity contribution is 7.80. The molecule has 0 bridgehead atoms. The molecule has 0 fully saturated rings. The van der Waals surface area contributed by atoms with Crippen molar-refractivity contribution >= 4 is 23.2 Å². The number of hydrogen-bond donors (Lipinski definition) is 3. The molecule has 0 radical (unpaired) electrons.